The Morgan fingerprint density at radius 3 is 2.62 bits per heavy atom. The number of ether oxygens (including phenoxy) is 2. The predicted molar refractivity (Wildman–Crippen MR) is 103 cm³/mol. The van der Waals surface area contributed by atoms with Crippen LogP contribution in [0.15, 0.2) is 59.7 Å². The SMILES string of the molecule is O=C(Oc1c(/C=N/N2CCOCC2)sc2ccccc12)c1ccccc1. The van der Waals surface area contributed by atoms with Crippen molar-refractivity contribution < 1.29 is 14.3 Å². The molecule has 3 aromatic rings. The molecule has 0 saturated carbocycles. The molecule has 0 bridgehead atoms. The number of carbonyl (C=O) groups is 1. The van der Waals surface area contributed by atoms with Crippen molar-refractivity contribution in [2.24, 2.45) is 5.10 Å². The Labute approximate surface area is 155 Å². The minimum atomic E-state index is -0.366. The van der Waals surface area contributed by atoms with E-state index in [1.54, 1.807) is 29.7 Å². The summed E-state index contributed by atoms with van der Waals surface area (Å²) in [7, 11) is 0. The highest BCUT2D eigenvalue weighted by Crippen LogP contribution is 2.37. The number of thiophene rings is 1. The molecule has 1 fully saturated rings. The summed E-state index contributed by atoms with van der Waals surface area (Å²) in [5, 5.41) is 7.43. The van der Waals surface area contributed by atoms with Crippen LogP contribution in [0.5, 0.6) is 5.75 Å². The lowest BCUT2D eigenvalue weighted by Crippen LogP contribution is -2.32. The molecule has 0 spiro atoms. The summed E-state index contributed by atoms with van der Waals surface area (Å²) in [6, 6.07) is 16.9. The number of esters is 1. The maximum atomic E-state index is 12.5. The normalized spacial score (nSPS) is 14.8. The van der Waals surface area contributed by atoms with E-state index in [-0.39, 0.29) is 5.97 Å². The number of rotatable bonds is 4. The molecule has 0 radical (unpaired) electrons. The molecule has 1 aromatic heterocycles. The first-order chi connectivity index (χ1) is 12.8. The highest BCUT2D eigenvalue weighted by molar-refractivity contribution is 7.21. The average molecular weight is 366 g/mol. The number of hydrazone groups is 1. The van der Waals surface area contributed by atoms with E-state index in [4.69, 9.17) is 9.47 Å². The summed E-state index contributed by atoms with van der Waals surface area (Å²) in [4.78, 5) is 13.4. The van der Waals surface area contributed by atoms with Crippen LogP contribution in [-0.4, -0.2) is 43.5 Å². The minimum Gasteiger partial charge on any atom is -0.421 e. The number of fused-ring (bicyclic) bond motifs is 1. The van der Waals surface area contributed by atoms with E-state index in [0.717, 1.165) is 28.1 Å². The van der Waals surface area contributed by atoms with Gasteiger partial charge in [0.05, 0.1) is 43.0 Å². The highest BCUT2D eigenvalue weighted by Gasteiger charge is 2.17. The van der Waals surface area contributed by atoms with Crippen molar-refractivity contribution in [3.63, 3.8) is 0 Å². The Hall–Kier alpha value is -2.70. The zero-order chi connectivity index (χ0) is 17.8. The van der Waals surface area contributed by atoms with Crippen LogP contribution >= 0.6 is 11.3 Å². The lowest BCUT2D eigenvalue weighted by molar-refractivity contribution is 0.0397. The third kappa shape index (κ3) is 3.61. The Morgan fingerprint density at radius 2 is 1.81 bits per heavy atom. The van der Waals surface area contributed by atoms with Gasteiger partial charge in [-0.3, -0.25) is 5.01 Å². The lowest BCUT2D eigenvalue weighted by Gasteiger charge is -2.23. The van der Waals surface area contributed by atoms with Crippen molar-refractivity contribution in [1.29, 1.82) is 0 Å². The van der Waals surface area contributed by atoms with Crippen molar-refractivity contribution in [2.45, 2.75) is 0 Å². The van der Waals surface area contributed by atoms with Crippen molar-refractivity contribution in [2.75, 3.05) is 26.3 Å². The Bertz CT molecular complexity index is 931. The van der Waals surface area contributed by atoms with Gasteiger partial charge in [-0.2, -0.15) is 5.10 Å². The molecule has 5 nitrogen and oxygen atoms in total. The molecular formula is C20H18N2O3S. The standard InChI is InChI=1S/C20H18N2O3S/c23-20(15-6-2-1-3-7-15)25-19-16-8-4-5-9-17(16)26-18(19)14-21-22-10-12-24-13-11-22/h1-9,14H,10-13H2/b21-14+. The van der Waals surface area contributed by atoms with Gasteiger partial charge in [0, 0.05) is 10.1 Å². The van der Waals surface area contributed by atoms with E-state index in [1.165, 1.54) is 0 Å². The van der Waals surface area contributed by atoms with Gasteiger partial charge in [-0.1, -0.05) is 30.3 Å². The number of hydrogen-bond donors (Lipinski definition) is 0. The van der Waals surface area contributed by atoms with Crippen LogP contribution in [0.4, 0.5) is 0 Å². The van der Waals surface area contributed by atoms with Gasteiger partial charge in [0.25, 0.3) is 0 Å². The van der Waals surface area contributed by atoms with Crippen LogP contribution in [0.1, 0.15) is 15.2 Å². The fourth-order valence-electron chi connectivity index (χ4n) is 2.76. The van der Waals surface area contributed by atoms with Crippen molar-refractivity contribution in [1.82, 2.24) is 5.01 Å². The molecule has 1 saturated heterocycles. The van der Waals surface area contributed by atoms with Gasteiger partial charge in [-0.05, 0) is 24.3 Å². The van der Waals surface area contributed by atoms with Gasteiger partial charge < -0.3 is 9.47 Å². The first kappa shape index (κ1) is 16.8. The summed E-state index contributed by atoms with van der Waals surface area (Å²) in [5.74, 6) is 0.201. The average Bonchev–Trinajstić information content (AvgIpc) is 3.05. The van der Waals surface area contributed by atoms with Gasteiger partial charge in [0.15, 0.2) is 5.75 Å². The molecule has 26 heavy (non-hydrogen) atoms. The maximum Gasteiger partial charge on any atom is 0.343 e. The number of carbonyl (C=O) groups excluding carboxylic acids is 1. The summed E-state index contributed by atoms with van der Waals surface area (Å²) in [6.45, 7) is 2.89. The number of benzene rings is 2. The molecule has 1 aliphatic rings. The van der Waals surface area contributed by atoms with E-state index < -0.39 is 0 Å². The maximum absolute atomic E-state index is 12.5. The van der Waals surface area contributed by atoms with E-state index in [1.807, 2.05) is 47.5 Å². The molecule has 0 amide bonds. The van der Waals surface area contributed by atoms with Crippen LogP contribution in [0.3, 0.4) is 0 Å². The predicted octanol–water partition coefficient (Wildman–Crippen LogP) is 3.79. The fraction of sp³-hybridized carbons (Fsp3) is 0.200. The van der Waals surface area contributed by atoms with Gasteiger partial charge >= 0.3 is 5.97 Å². The van der Waals surface area contributed by atoms with Gasteiger partial charge in [-0.15, -0.1) is 11.3 Å². The molecule has 0 unspecified atom stereocenters. The summed E-state index contributed by atoms with van der Waals surface area (Å²) in [6.07, 6.45) is 1.78. The molecule has 4 rings (SSSR count). The number of hydrogen-bond acceptors (Lipinski definition) is 6. The topological polar surface area (TPSA) is 51.1 Å². The number of nitrogens with zero attached hydrogens (tertiary/aromatic N) is 2. The molecule has 1 aliphatic heterocycles. The van der Waals surface area contributed by atoms with Crippen LogP contribution in [0, 0.1) is 0 Å². The van der Waals surface area contributed by atoms with Crippen molar-refractivity contribution >= 4 is 33.6 Å². The Kier molecular flexibility index (Phi) is 4.95. The van der Waals surface area contributed by atoms with Crippen LogP contribution in [0.2, 0.25) is 0 Å². The van der Waals surface area contributed by atoms with E-state index in [9.17, 15) is 4.79 Å². The van der Waals surface area contributed by atoms with E-state index >= 15 is 0 Å². The summed E-state index contributed by atoms with van der Waals surface area (Å²) in [5.41, 5.74) is 0.527. The van der Waals surface area contributed by atoms with Crippen LogP contribution in [-0.2, 0) is 4.74 Å². The zero-order valence-electron chi connectivity index (χ0n) is 14.1. The molecular weight excluding hydrogens is 348 g/mol. The van der Waals surface area contributed by atoms with Crippen LogP contribution in [0.25, 0.3) is 10.1 Å². The lowest BCUT2D eigenvalue weighted by atomic mass is 10.2. The first-order valence-electron chi connectivity index (χ1n) is 8.47. The second-order valence-electron chi connectivity index (χ2n) is 5.86. The van der Waals surface area contributed by atoms with Crippen molar-refractivity contribution in [3.8, 4) is 5.75 Å². The second kappa shape index (κ2) is 7.68. The molecule has 0 aliphatic carbocycles. The summed E-state index contributed by atoms with van der Waals surface area (Å²) < 4.78 is 12.2. The van der Waals surface area contributed by atoms with Crippen molar-refractivity contribution in [3.05, 3.63) is 65.0 Å². The smallest absolute Gasteiger partial charge is 0.343 e. The Balaban J connectivity index is 1.65. The van der Waals surface area contributed by atoms with Gasteiger partial charge in [0.2, 0.25) is 0 Å². The van der Waals surface area contributed by atoms with Crippen LogP contribution < -0.4 is 4.74 Å². The monoisotopic (exact) mass is 366 g/mol. The third-order valence-corrected chi connectivity index (χ3v) is 5.19. The molecule has 2 aromatic carbocycles. The number of morpholine rings is 1. The first-order valence-corrected chi connectivity index (χ1v) is 9.28. The van der Waals surface area contributed by atoms with Gasteiger partial charge in [0.1, 0.15) is 0 Å². The zero-order valence-corrected chi connectivity index (χ0v) is 14.9. The molecule has 2 heterocycles. The largest absolute Gasteiger partial charge is 0.421 e. The molecule has 6 heteroatoms. The van der Waals surface area contributed by atoms with E-state index in [0.29, 0.717) is 24.5 Å². The fourth-order valence-corrected chi connectivity index (χ4v) is 3.76. The van der Waals surface area contributed by atoms with Gasteiger partial charge in [-0.25, -0.2) is 4.79 Å². The quantitative estimate of drug-likeness (QED) is 0.521. The highest BCUT2D eigenvalue weighted by atomic mass is 32.1. The second-order valence-corrected chi connectivity index (χ2v) is 6.94. The third-order valence-electron chi connectivity index (χ3n) is 4.11. The molecule has 132 valence electrons. The van der Waals surface area contributed by atoms with E-state index in [2.05, 4.69) is 5.10 Å². The Morgan fingerprint density at radius 1 is 1.08 bits per heavy atom. The molecule has 0 atom stereocenters. The minimum absolute atomic E-state index is 0.366. The molecule has 0 N–H and O–H groups in total. The summed E-state index contributed by atoms with van der Waals surface area (Å²) >= 11 is 1.57.